The molecule has 4 bridgehead atoms. The van der Waals surface area contributed by atoms with Gasteiger partial charge in [-0.2, -0.15) is 0 Å². The molecular weight excluding hydrogens is 374 g/mol. The highest BCUT2D eigenvalue weighted by atomic mass is 16.5. The molecule has 1 aromatic rings. The fourth-order valence-corrected chi connectivity index (χ4v) is 8.07. The van der Waals surface area contributed by atoms with Gasteiger partial charge in [0.15, 0.2) is 0 Å². The second-order valence-corrected chi connectivity index (χ2v) is 11.6. The average molecular weight is 415 g/mol. The number of likely N-dealkylation sites (N-methyl/N-ethyl adjacent to an activating group) is 1. The van der Waals surface area contributed by atoms with Crippen molar-refractivity contribution in [3.8, 4) is 5.75 Å². The molecule has 5 aliphatic rings. The topological polar surface area (TPSA) is 38.7 Å². The van der Waals surface area contributed by atoms with Crippen LogP contribution in [0, 0.1) is 17.8 Å². The van der Waals surface area contributed by atoms with E-state index in [0.29, 0.717) is 18.6 Å². The van der Waals surface area contributed by atoms with Gasteiger partial charge in [0.25, 0.3) is 0 Å². The average Bonchev–Trinajstić information content (AvgIpc) is 2.64. The summed E-state index contributed by atoms with van der Waals surface area (Å²) in [4.78, 5) is 0. The zero-order valence-electron chi connectivity index (χ0n) is 19.1. The zero-order chi connectivity index (χ0) is 20.9. The number of rotatable bonds is 6. The number of benzene rings is 1. The lowest BCUT2D eigenvalue weighted by atomic mass is 9.48. The lowest BCUT2D eigenvalue weighted by molar-refractivity contribution is -0.926. The molecule has 3 atom stereocenters. The third-order valence-electron chi connectivity index (χ3n) is 8.46. The van der Waals surface area contributed by atoms with Crippen LogP contribution in [0.1, 0.15) is 57.9 Å². The van der Waals surface area contributed by atoms with Gasteiger partial charge in [-0.15, -0.1) is 0 Å². The van der Waals surface area contributed by atoms with E-state index in [1.807, 2.05) is 0 Å². The molecule has 4 heteroatoms. The van der Waals surface area contributed by atoms with Gasteiger partial charge in [-0.05, 0) is 93.2 Å². The molecule has 1 heterocycles. The van der Waals surface area contributed by atoms with E-state index in [0.717, 1.165) is 41.1 Å². The van der Waals surface area contributed by atoms with Crippen LogP contribution in [-0.2, 0) is 10.2 Å². The second kappa shape index (κ2) is 7.79. The maximum Gasteiger partial charge on any atom is 0.137 e. The Morgan fingerprint density at radius 2 is 1.53 bits per heavy atom. The highest BCUT2D eigenvalue weighted by Crippen LogP contribution is 2.60. The van der Waals surface area contributed by atoms with Crippen LogP contribution < -0.4 is 4.74 Å². The first kappa shape index (κ1) is 20.8. The van der Waals surface area contributed by atoms with Crippen LogP contribution in [0.15, 0.2) is 24.3 Å². The Morgan fingerprint density at radius 1 is 1.00 bits per heavy atom. The van der Waals surface area contributed by atoms with E-state index in [1.165, 1.54) is 44.1 Å². The Bertz CT molecular complexity index is 700. The van der Waals surface area contributed by atoms with Crippen molar-refractivity contribution in [2.45, 2.75) is 76.1 Å². The van der Waals surface area contributed by atoms with Crippen molar-refractivity contribution in [3.05, 3.63) is 29.8 Å². The largest absolute Gasteiger partial charge is 0.491 e. The predicted octanol–water partition coefficient (Wildman–Crippen LogP) is 4.15. The third-order valence-corrected chi connectivity index (χ3v) is 8.46. The molecule has 0 aromatic heterocycles. The molecule has 0 unspecified atom stereocenters. The first-order valence-corrected chi connectivity index (χ1v) is 12.2. The summed E-state index contributed by atoms with van der Waals surface area (Å²) < 4.78 is 12.7. The first-order valence-electron chi connectivity index (χ1n) is 12.2. The second-order valence-electron chi connectivity index (χ2n) is 11.6. The normalized spacial score (nSPS) is 43.5. The summed E-state index contributed by atoms with van der Waals surface area (Å²) in [6, 6.07) is 8.90. The zero-order valence-corrected chi connectivity index (χ0v) is 19.1. The summed E-state index contributed by atoms with van der Waals surface area (Å²) in [5.41, 5.74) is 1.97. The summed E-state index contributed by atoms with van der Waals surface area (Å²) in [6.07, 6.45) is 8.67. The smallest absolute Gasteiger partial charge is 0.137 e. The number of ether oxygens (including phenoxy) is 2. The lowest BCUT2D eigenvalue weighted by Gasteiger charge is -2.57. The first-order chi connectivity index (χ1) is 14.3. The van der Waals surface area contributed by atoms with Gasteiger partial charge in [0.1, 0.15) is 50.3 Å². The monoisotopic (exact) mass is 414 g/mol. The molecule has 0 spiro atoms. The number of nitrogens with zero attached hydrogens (tertiary/aromatic N) is 1. The van der Waals surface area contributed by atoms with Gasteiger partial charge >= 0.3 is 0 Å². The molecule has 0 radical (unpaired) electrons. The number of aliphatic hydroxyl groups excluding tert-OH is 1. The minimum atomic E-state index is -0.463. The van der Waals surface area contributed by atoms with Gasteiger partial charge in [-0.3, -0.25) is 0 Å². The summed E-state index contributed by atoms with van der Waals surface area (Å²) in [7, 11) is 2.22. The maximum atomic E-state index is 10.6. The van der Waals surface area contributed by atoms with Crippen molar-refractivity contribution in [2.75, 3.05) is 33.3 Å². The Morgan fingerprint density at radius 3 is 2.07 bits per heavy atom. The Kier molecular flexibility index (Phi) is 5.40. The SMILES string of the molecule is C[C@@H]1C[N+](C)(C[C@@H](O)COc2ccc(C34CC5CC(CC(C5)C3)C4)cc2)C[C@@H](C)O1. The molecule has 1 N–H and O–H groups in total. The van der Waals surface area contributed by atoms with Crippen LogP contribution in [-0.4, -0.2) is 61.2 Å². The number of hydrogen-bond donors (Lipinski definition) is 1. The summed E-state index contributed by atoms with van der Waals surface area (Å²) in [6.45, 7) is 7.21. The number of aliphatic hydroxyl groups is 1. The lowest BCUT2D eigenvalue weighted by Crippen LogP contribution is -2.60. The molecular formula is C26H40NO3+. The molecule has 30 heavy (non-hydrogen) atoms. The molecule has 1 aromatic carbocycles. The minimum absolute atomic E-state index is 0.240. The summed E-state index contributed by atoms with van der Waals surface area (Å²) >= 11 is 0. The molecule has 6 rings (SSSR count). The maximum absolute atomic E-state index is 10.6. The van der Waals surface area contributed by atoms with Crippen molar-refractivity contribution in [1.29, 1.82) is 0 Å². The minimum Gasteiger partial charge on any atom is -0.491 e. The molecule has 5 fully saturated rings. The molecule has 166 valence electrons. The quantitative estimate of drug-likeness (QED) is 0.711. The van der Waals surface area contributed by atoms with Crippen molar-refractivity contribution in [1.82, 2.24) is 0 Å². The molecule has 1 aliphatic heterocycles. The molecule has 4 aliphatic carbocycles. The van der Waals surface area contributed by atoms with Gasteiger partial charge in [-0.25, -0.2) is 0 Å². The van der Waals surface area contributed by atoms with Gasteiger partial charge in [0, 0.05) is 0 Å². The van der Waals surface area contributed by atoms with Crippen LogP contribution in [0.4, 0.5) is 0 Å². The highest BCUT2D eigenvalue weighted by Gasteiger charge is 2.51. The Hall–Kier alpha value is -1.10. The predicted molar refractivity (Wildman–Crippen MR) is 119 cm³/mol. The molecule has 4 saturated carbocycles. The Balaban J connectivity index is 1.17. The van der Waals surface area contributed by atoms with E-state index in [2.05, 4.69) is 45.2 Å². The van der Waals surface area contributed by atoms with E-state index in [-0.39, 0.29) is 12.2 Å². The number of quaternary nitrogens is 1. The van der Waals surface area contributed by atoms with E-state index >= 15 is 0 Å². The van der Waals surface area contributed by atoms with E-state index in [4.69, 9.17) is 9.47 Å². The van der Waals surface area contributed by atoms with Crippen LogP contribution in [0.25, 0.3) is 0 Å². The summed E-state index contributed by atoms with van der Waals surface area (Å²) in [5, 5.41) is 10.6. The van der Waals surface area contributed by atoms with E-state index < -0.39 is 6.10 Å². The fourth-order valence-electron chi connectivity index (χ4n) is 8.07. The number of morpholine rings is 1. The van der Waals surface area contributed by atoms with Crippen molar-refractivity contribution >= 4 is 0 Å². The molecule has 4 nitrogen and oxygen atoms in total. The fraction of sp³-hybridized carbons (Fsp3) is 0.769. The van der Waals surface area contributed by atoms with Crippen LogP contribution >= 0.6 is 0 Å². The summed E-state index contributed by atoms with van der Waals surface area (Å²) in [5.74, 6) is 3.79. The van der Waals surface area contributed by atoms with E-state index in [1.54, 1.807) is 0 Å². The molecule has 0 amide bonds. The van der Waals surface area contributed by atoms with Crippen LogP contribution in [0.2, 0.25) is 0 Å². The van der Waals surface area contributed by atoms with E-state index in [9.17, 15) is 5.11 Å². The van der Waals surface area contributed by atoms with Crippen LogP contribution in [0.3, 0.4) is 0 Å². The molecule has 1 saturated heterocycles. The number of hydrogen-bond acceptors (Lipinski definition) is 3. The van der Waals surface area contributed by atoms with Gasteiger partial charge in [0.2, 0.25) is 0 Å². The van der Waals surface area contributed by atoms with Crippen molar-refractivity contribution < 1.29 is 19.1 Å². The van der Waals surface area contributed by atoms with Gasteiger partial charge in [-0.1, -0.05) is 12.1 Å². The van der Waals surface area contributed by atoms with Crippen molar-refractivity contribution in [3.63, 3.8) is 0 Å². The van der Waals surface area contributed by atoms with Crippen molar-refractivity contribution in [2.24, 2.45) is 17.8 Å². The van der Waals surface area contributed by atoms with Crippen LogP contribution in [0.5, 0.6) is 5.75 Å². The Labute approximate surface area is 182 Å². The highest BCUT2D eigenvalue weighted by molar-refractivity contribution is 5.34. The standard InChI is InChI=1S/C26H40NO3/c1-18-14-27(3,15-19(2)30-18)16-24(28)17-29-25-6-4-23(5-7-25)26-11-20-8-21(12-26)10-22(9-20)13-26/h4-7,18-22,24,28H,8-17H2,1-3H3/q+1/t18-,19-,20?,21?,22?,24-,26?/m1/s1. The van der Waals surface area contributed by atoms with Gasteiger partial charge in [0.05, 0.1) is 7.05 Å². The third kappa shape index (κ3) is 4.16. The van der Waals surface area contributed by atoms with Gasteiger partial charge < -0.3 is 19.1 Å².